The molecule has 0 radical (unpaired) electrons. The van der Waals surface area contributed by atoms with Gasteiger partial charge < -0.3 is 10.6 Å². The van der Waals surface area contributed by atoms with E-state index in [1.165, 1.54) is 11.9 Å². The van der Waals surface area contributed by atoms with Gasteiger partial charge in [0.05, 0.1) is 0 Å². The number of benzene rings is 1. The molecule has 21 heavy (non-hydrogen) atoms. The fourth-order valence-corrected chi connectivity index (χ4v) is 1.96. The molecule has 6 heteroatoms. The van der Waals surface area contributed by atoms with Crippen molar-refractivity contribution in [2.45, 2.75) is 26.2 Å². The normalized spacial score (nSPS) is 10.7. The van der Waals surface area contributed by atoms with E-state index in [9.17, 15) is 4.79 Å². The number of amides is 2. The molecule has 0 aliphatic rings. The summed E-state index contributed by atoms with van der Waals surface area (Å²) in [6, 6.07) is 7.67. The first-order valence-electron chi connectivity index (χ1n) is 7.04. The maximum Gasteiger partial charge on any atom is 0.319 e. The van der Waals surface area contributed by atoms with Crippen LogP contribution < -0.4 is 10.6 Å². The van der Waals surface area contributed by atoms with Crippen molar-refractivity contribution in [2.24, 2.45) is 7.05 Å². The Balaban J connectivity index is 1.78. The third-order valence-electron chi connectivity index (χ3n) is 3.27. The Hall–Kier alpha value is -2.37. The van der Waals surface area contributed by atoms with Crippen LogP contribution in [0.2, 0.25) is 0 Å². The third kappa shape index (κ3) is 4.30. The van der Waals surface area contributed by atoms with Crippen molar-refractivity contribution in [3.05, 3.63) is 42.0 Å². The van der Waals surface area contributed by atoms with Crippen molar-refractivity contribution in [3.8, 4) is 0 Å². The van der Waals surface area contributed by atoms with E-state index in [-0.39, 0.29) is 6.03 Å². The second-order valence-electron chi connectivity index (χ2n) is 5.21. The van der Waals surface area contributed by atoms with Gasteiger partial charge in [-0.2, -0.15) is 5.10 Å². The first-order valence-corrected chi connectivity index (χ1v) is 7.04. The van der Waals surface area contributed by atoms with Gasteiger partial charge >= 0.3 is 6.03 Å². The zero-order valence-corrected chi connectivity index (χ0v) is 12.6. The lowest BCUT2D eigenvalue weighted by Gasteiger charge is -2.09. The Morgan fingerprint density at radius 1 is 1.29 bits per heavy atom. The summed E-state index contributed by atoms with van der Waals surface area (Å²) in [6.45, 7) is 4.80. The standard InChI is InChI=1S/C15H21N5O/c1-11(2)12-4-6-13(7-5-12)19-15(21)16-9-8-14-17-10-18-20(14)3/h4-7,10-11H,8-9H2,1-3H3,(H2,16,19,21). The lowest BCUT2D eigenvalue weighted by atomic mass is 10.0. The second kappa shape index (κ2) is 6.88. The van der Waals surface area contributed by atoms with Crippen molar-refractivity contribution >= 4 is 11.7 Å². The Labute approximate surface area is 124 Å². The molecule has 6 nitrogen and oxygen atoms in total. The number of aryl methyl sites for hydroxylation is 1. The molecule has 1 aromatic carbocycles. The van der Waals surface area contributed by atoms with Crippen molar-refractivity contribution in [3.63, 3.8) is 0 Å². The molecular weight excluding hydrogens is 266 g/mol. The summed E-state index contributed by atoms with van der Waals surface area (Å²) in [7, 11) is 1.83. The Kier molecular flexibility index (Phi) is 4.92. The molecule has 2 rings (SSSR count). The summed E-state index contributed by atoms with van der Waals surface area (Å²) in [5.74, 6) is 1.33. The van der Waals surface area contributed by atoms with Crippen molar-refractivity contribution < 1.29 is 4.79 Å². The van der Waals surface area contributed by atoms with E-state index in [1.54, 1.807) is 4.68 Å². The highest BCUT2D eigenvalue weighted by molar-refractivity contribution is 5.89. The fourth-order valence-electron chi connectivity index (χ4n) is 1.96. The molecule has 0 aliphatic carbocycles. The van der Waals surface area contributed by atoms with Crippen molar-refractivity contribution in [2.75, 3.05) is 11.9 Å². The lowest BCUT2D eigenvalue weighted by Crippen LogP contribution is -2.30. The van der Waals surface area contributed by atoms with Gasteiger partial charge in [-0.3, -0.25) is 4.68 Å². The SMILES string of the molecule is CC(C)c1ccc(NC(=O)NCCc2ncnn2C)cc1. The number of anilines is 1. The molecule has 0 atom stereocenters. The molecule has 2 aromatic rings. The number of carbonyl (C=O) groups is 1. The van der Waals surface area contributed by atoms with Crippen LogP contribution >= 0.6 is 0 Å². The first kappa shape index (κ1) is 15.0. The van der Waals surface area contributed by atoms with Crippen molar-refractivity contribution in [1.82, 2.24) is 20.1 Å². The van der Waals surface area contributed by atoms with Crippen LogP contribution in [0.25, 0.3) is 0 Å². The fraction of sp³-hybridized carbons (Fsp3) is 0.400. The first-order chi connectivity index (χ1) is 10.1. The van der Waals surface area contributed by atoms with Gasteiger partial charge in [0.25, 0.3) is 0 Å². The molecule has 0 saturated carbocycles. The van der Waals surface area contributed by atoms with E-state index >= 15 is 0 Å². The largest absolute Gasteiger partial charge is 0.337 e. The van der Waals surface area contributed by atoms with E-state index in [2.05, 4.69) is 34.6 Å². The van der Waals surface area contributed by atoms with E-state index in [0.717, 1.165) is 11.5 Å². The summed E-state index contributed by atoms with van der Waals surface area (Å²) < 4.78 is 1.70. The molecule has 0 spiro atoms. The summed E-state index contributed by atoms with van der Waals surface area (Å²) in [5, 5.41) is 9.59. The highest BCUT2D eigenvalue weighted by Gasteiger charge is 2.04. The van der Waals surface area contributed by atoms with Gasteiger partial charge in [0.2, 0.25) is 0 Å². The van der Waals surface area contributed by atoms with Crippen LogP contribution in [0.3, 0.4) is 0 Å². The summed E-state index contributed by atoms with van der Waals surface area (Å²) >= 11 is 0. The minimum Gasteiger partial charge on any atom is -0.337 e. The van der Waals surface area contributed by atoms with Crippen LogP contribution in [-0.4, -0.2) is 27.3 Å². The molecule has 0 fully saturated rings. The van der Waals surface area contributed by atoms with Crippen LogP contribution in [0, 0.1) is 0 Å². The van der Waals surface area contributed by atoms with Crippen LogP contribution in [0.5, 0.6) is 0 Å². The summed E-state index contributed by atoms with van der Waals surface area (Å²) in [6.07, 6.45) is 2.15. The number of hydrogen-bond acceptors (Lipinski definition) is 3. The van der Waals surface area contributed by atoms with Gasteiger partial charge in [-0.25, -0.2) is 9.78 Å². The molecule has 0 aliphatic heterocycles. The van der Waals surface area contributed by atoms with Gasteiger partial charge in [-0.1, -0.05) is 26.0 Å². The predicted octanol–water partition coefficient (Wildman–Crippen LogP) is 2.30. The van der Waals surface area contributed by atoms with Crippen LogP contribution in [0.4, 0.5) is 10.5 Å². The number of rotatable bonds is 5. The van der Waals surface area contributed by atoms with Crippen LogP contribution in [0.15, 0.2) is 30.6 Å². The van der Waals surface area contributed by atoms with E-state index < -0.39 is 0 Å². The average molecular weight is 287 g/mol. The van der Waals surface area contributed by atoms with Gasteiger partial charge in [-0.05, 0) is 23.6 Å². The smallest absolute Gasteiger partial charge is 0.319 e. The van der Waals surface area contributed by atoms with E-state index in [4.69, 9.17) is 0 Å². The number of urea groups is 1. The molecule has 0 bridgehead atoms. The third-order valence-corrected chi connectivity index (χ3v) is 3.27. The predicted molar refractivity (Wildman–Crippen MR) is 82.3 cm³/mol. The van der Waals surface area contributed by atoms with Gasteiger partial charge in [0.15, 0.2) is 0 Å². The molecule has 0 unspecified atom stereocenters. The lowest BCUT2D eigenvalue weighted by molar-refractivity contribution is 0.252. The van der Waals surface area contributed by atoms with Gasteiger partial charge in [0.1, 0.15) is 12.2 Å². The zero-order valence-electron chi connectivity index (χ0n) is 12.6. The quantitative estimate of drug-likeness (QED) is 0.886. The highest BCUT2D eigenvalue weighted by Crippen LogP contribution is 2.16. The zero-order chi connectivity index (χ0) is 15.2. The minimum absolute atomic E-state index is 0.213. The molecule has 112 valence electrons. The van der Waals surface area contributed by atoms with Crippen molar-refractivity contribution in [1.29, 1.82) is 0 Å². The summed E-state index contributed by atoms with van der Waals surface area (Å²) in [4.78, 5) is 15.9. The monoisotopic (exact) mass is 287 g/mol. The number of nitrogens with zero attached hydrogens (tertiary/aromatic N) is 3. The Morgan fingerprint density at radius 2 is 2.00 bits per heavy atom. The summed E-state index contributed by atoms with van der Waals surface area (Å²) in [5.41, 5.74) is 2.04. The minimum atomic E-state index is -0.213. The molecule has 2 N–H and O–H groups in total. The molecule has 2 amide bonds. The highest BCUT2D eigenvalue weighted by atomic mass is 16.2. The van der Waals surface area contributed by atoms with Gasteiger partial charge in [-0.15, -0.1) is 0 Å². The van der Waals surface area contributed by atoms with Crippen LogP contribution in [-0.2, 0) is 13.5 Å². The Bertz CT molecular complexity index is 588. The number of nitrogens with one attached hydrogen (secondary N) is 2. The maximum atomic E-state index is 11.8. The average Bonchev–Trinajstić information content (AvgIpc) is 2.85. The molecule has 1 heterocycles. The molecular formula is C15H21N5O. The molecule has 0 saturated heterocycles. The topological polar surface area (TPSA) is 71.8 Å². The maximum absolute atomic E-state index is 11.8. The number of hydrogen-bond donors (Lipinski definition) is 2. The Morgan fingerprint density at radius 3 is 2.57 bits per heavy atom. The van der Waals surface area contributed by atoms with E-state index in [1.807, 2.05) is 31.3 Å². The van der Waals surface area contributed by atoms with Crippen LogP contribution in [0.1, 0.15) is 31.2 Å². The molecule has 1 aromatic heterocycles. The number of aromatic nitrogens is 3. The van der Waals surface area contributed by atoms with Gasteiger partial charge in [0, 0.05) is 25.7 Å². The number of carbonyl (C=O) groups excluding carboxylic acids is 1. The van der Waals surface area contributed by atoms with E-state index in [0.29, 0.717) is 18.9 Å². The second-order valence-corrected chi connectivity index (χ2v) is 5.21.